The largest absolute Gasteiger partial charge is 0.330 e. The Morgan fingerprint density at radius 3 is 2.18 bits per heavy atom. The predicted molar refractivity (Wildman–Crippen MR) is 86.8 cm³/mol. The lowest BCUT2D eigenvalue weighted by atomic mass is 9.94. The predicted octanol–water partition coefficient (Wildman–Crippen LogP) is 1.09. The molecule has 0 unspecified atom stereocenters. The maximum Gasteiger partial charge on any atom is 0.242 e. The molecule has 0 spiro atoms. The van der Waals surface area contributed by atoms with E-state index in [9.17, 15) is 16.8 Å². The van der Waals surface area contributed by atoms with Crippen LogP contribution in [-0.4, -0.2) is 47.0 Å². The molecule has 0 aliphatic rings. The molecule has 0 radical (unpaired) electrons. The van der Waals surface area contributed by atoms with E-state index in [0.717, 1.165) is 0 Å². The van der Waals surface area contributed by atoms with Crippen molar-refractivity contribution in [3.63, 3.8) is 0 Å². The second-order valence-corrected chi connectivity index (χ2v) is 10.3. The fourth-order valence-corrected chi connectivity index (χ4v) is 4.33. The van der Waals surface area contributed by atoms with Gasteiger partial charge in [-0.15, -0.1) is 0 Å². The second-order valence-electron chi connectivity index (χ2n) is 6.01. The van der Waals surface area contributed by atoms with E-state index in [1.165, 1.54) is 42.5 Å². The van der Waals surface area contributed by atoms with Crippen LogP contribution in [0.15, 0.2) is 34.1 Å². The molecule has 126 valence electrons. The molecule has 1 aromatic rings. The van der Waals surface area contributed by atoms with Gasteiger partial charge >= 0.3 is 0 Å². The SMILES string of the molecule is CCS(=O)(=O)c1cccc(S(=O)(=O)N(C)CC(C)(C)CN)c1. The fourth-order valence-electron chi connectivity index (χ4n) is 1.93. The third-order valence-electron chi connectivity index (χ3n) is 3.46. The highest BCUT2D eigenvalue weighted by atomic mass is 32.2. The molecular formula is C14H24N2O4S2. The van der Waals surface area contributed by atoms with Crippen molar-refractivity contribution < 1.29 is 16.8 Å². The van der Waals surface area contributed by atoms with Crippen molar-refractivity contribution in [2.45, 2.75) is 30.6 Å². The van der Waals surface area contributed by atoms with Crippen LogP contribution in [0, 0.1) is 5.41 Å². The van der Waals surface area contributed by atoms with Gasteiger partial charge < -0.3 is 5.73 Å². The minimum absolute atomic E-state index is 0.0163. The summed E-state index contributed by atoms with van der Waals surface area (Å²) in [4.78, 5) is -0.0140. The number of benzene rings is 1. The molecule has 1 aromatic carbocycles. The van der Waals surface area contributed by atoms with Crippen LogP contribution in [0.3, 0.4) is 0 Å². The number of rotatable bonds is 7. The summed E-state index contributed by atoms with van der Waals surface area (Å²) in [7, 11) is -5.74. The van der Waals surface area contributed by atoms with Crippen LogP contribution < -0.4 is 5.73 Å². The van der Waals surface area contributed by atoms with Gasteiger partial charge in [0.05, 0.1) is 15.5 Å². The van der Waals surface area contributed by atoms with Crippen molar-refractivity contribution in [3.8, 4) is 0 Å². The molecule has 22 heavy (non-hydrogen) atoms. The Bertz CT molecular complexity index is 725. The molecule has 0 amide bonds. The first-order valence-electron chi connectivity index (χ1n) is 6.95. The van der Waals surface area contributed by atoms with E-state index in [-0.39, 0.29) is 27.5 Å². The van der Waals surface area contributed by atoms with Crippen molar-refractivity contribution in [1.82, 2.24) is 4.31 Å². The second kappa shape index (κ2) is 6.66. The van der Waals surface area contributed by atoms with E-state index in [0.29, 0.717) is 6.54 Å². The standard InChI is InChI=1S/C14H24N2O4S2/c1-5-21(17,18)12-7-6-8-13(9-12)22(19,20)16(4)11-14(2,3)10-15/h6-9H,5,10-11,15H2,1-4H3. The lowest BCUT2D eigenvalue weighted by molar-refractivity contribution is 0.292. The van der Waals surface area contributed by atoms with Crippen molar-refractivity contribution in [3.05, 3.63) is 24.3 Å². The van der Waals surface area contributed by atoms with Crippen LogP contribution in [0.25, 0.3) is 0 Å². The molecule has 0 aliphatic heterocycles. The van der Waals surface area contributed by atoms with Crippen LogP contribution in [0.4, 0.5) is 0 Å². The average Bonchev–Trinajstić information content (AvgIpc) is 2.47. The number of nitrogens with two attached hydrogens (primary N) is 1. The van der Waals surface area contributed by atoms with Gasteiger partial charge in [0.15, 0.2) is 9.84 Å². The molecule has 0 saturated heterocycles. The summed E-state index contributed by atoms with van der Waals surface area (Å²) in [6, 6.07) is 5.45. The van der Waals surface area contributed by atoms with Crippen molar-refractivity contribution >= 4 is 19.9 Å². The summed E-state index contributed by atoms with van der Waals surface area (Å²) in [6.45, 7) is 5.86. The first-order chi connectivity index (χ1) is 9.96. The summed E-state index contributed by atoms with van der Waals surface area (Å²) in [5.41, 5.74) is 5.27. The van der Waals surface area contributed by atoms with E-state index < -0.39 is 19.9 Å². The Morgan fingerprint density at radius 2 is 1.68 bits per heavy atom. The number of nitrogens with zero attached hydrogens (tertiary/aromatic N) is 1. The van der Waals surface area contributed by atoms with Gasteiger partial charge in [-0.05, 0) is 30.2 Å². The summed E-state index contributed by atoms with van der Waals surface area (Å²) in [5.74, 6) is -0.0768. The first kappa shape index (κ1) is 19.1. The summed E-state index contributed by atoms with van der Waals surface area (Å²) < 4.78 is 50.2. The number of hydrogen-bond donors (Lipinski definition) is 1. The molecule has 1 rings (SSSR count). The van der Waals surface area contributed by atoms with E-state index >= 15 is 0 Å². The zero-order valence-electron chi connectivity index (χ0n) is 13.4. The van der Waals surface area contributed by atoms with Crippen molar-refractivity contribution in [1.29, 1.82) is 0 Å². The van der Waals surface area contributed by atoms with Gasteiger partial charge in [-0.25, -0.2) is 21.1 Å². The maximum absolute atomic E-state index is 12.6. The van der Waals surface area contributed by atoms with Crippen LogP contribution in [0.1, 0.15) is 20.8 Å². The summed E-state index contributed by atoms with van der Waals surface area (Å²) >= 11 is 0. The molecule has 8 heteroatoms. The normalized spacial score (nSPS) is 13.5. The Kier molecular flexibility index (Phi) is 5.77. The monoisotopic (exact) mass is 348 g/mol. The topological polar surface area (TPSA) is 97.5 Å². The van der Waals surface area contributed by atoms with Crippen LogP contribution in [-0.2, 0) is 19.9 Å². The lowest BCUT2D eigenvalue weighted by Crippen LogP contribution is -2.39. The molecule has 6 nitrogen and oxygen atoms in total. The zero-order valence-corrected chi connectivity index (χ0v) is 15.0. The quantitative estimate of drug-likeness (QED) is 0.795. The Morgan fingerprint density at radius 1 is 1.14 bits per heavy atom. The fraction of sp³-hybridized carbons (Fsp3) is 0.571. The molecule has 0 heterocycles. The highest BCUT2D eigenvalue weighted by Gasteiger charge is 2.28. The first-order valence-corrected chi connectivity index (χ1v) is 10.0. The highest BCUT2D eigenvalue weighted by molar-refractivity contribution is 7.91. The molecule has 0 bridgehead atoms. The highest BCUT2D eigenvalue weighted by Crippen LogP contribution is 2.23. The summed E-state index contributed by atoms with van der Waals surface area (Å²) in [5, 5.41) is 0. The van der Waals surface area contributed by atoms with Gasteiger partial charge in [0.1, 0.15) is 0 Å². The van der Waals surface area contributed by atoms with Gasteiger partial charge in [-0.3, -0.25) is 0 Å². The third kappa shape index (κ3) is 4.28. The number of sulfonamides is 1. The van der Waals surface area contributed by atoms with E-state index in [2.05, 4.69) is 0 Å². The van der Waals surface area contributed by atoms with Gasteiger partial charge in [0.25, 0.3) is 0 Å². The molecule has 0 aliphatic carbocycles. The average molecular weight is 348 g/mol. The summed E-state index contributed by atoms with van der Waals surface area (Å²) in [6.07, 6.45) is 0. The van der Waals surface area contributed by atoms with Crippen LogP contribution >= 0.6 is 0 Å². The van der Waals surface area contributed by atoms with Gasteiger partial charge in [0.2, 0.25) is 10.0 Å². The van der Waals surface area contributed by atoms with Gasteiger partial charge in [0, 0.05) is 13.6 Å². The maximum atomic E-state index is 12.6. The van der Waals surface area contributed by atoms with Crippen molar-refractivity contribution in [2.24, 2.45) is 11.1 Å². The van der Waals surface area contributed by atoms with Gasteiger partial charge in [-0.2, -0.15) is 0 Å². The molecule has 2 N–H and O–H groups in total. The molecule has 0 atom stereocenters. The van der Waals surface area contributed by atoms with Gasteiger partial charge in [-0.1, -0.05) is 26.8 Å². The minimum Gasteiger partial charge on any atom is -0.330 e. The molecule has 0 fully saturated rings. The Labute approximate surface area is 133 Å². The lowest BCUT2D eigenvalue weighted by Gasteiger charge is -2.28. The molecule has 0 saturated carbocycles. The Balaban J connectivity index is 3.22. The van der Waals surface area contributed by atoms with Crippen LogP contribution in [0.5, 0.6) is 0 Å². The van der Waals surface area contributed by atoms with Crippen molar-refractivity contribution in [2.75, 3.05) is 25.9 Å². The smallest absolute Gasteiger partial charge is 0.242 e. The van der Waals surface area contributed by atoms with Crippen LogP contribution in [0.2, 0.25) is 0 Å². The van der Waals surface area contributed by atoms with E-state index in [4.69, 9.17) is 5.73 Å². The van der Waals surface area contributed by atoms with E-state index in [1.807, 2.05) is 13.8 Å². The van der Waals surface area contributed by atoms with E-state index in [1.54, 1.807) is 0 Å². The minimum atomic E-state index is -3.76. The Hall–Kier alpha value is -0.960. The zero-order chi connectivity index (χ0) is 17.2. The number of sulfone groups is 1. The third-order valence-corrected chi connectivity index (χ3v) is 6.99. The molecule has 0 aromatic heterocycles. The number of hydrogen-bond acceptors (Lipinski definition) is 5. The molecular weight excluding hydrogens is 324 g/mol.